The van der Waals surface area contributed by atoms with Gasteiger partial charge < -0.3 is 10.1 Å². The molecule has 1 heterocycles. The topological polar surface area (TPSA) is 62.1 Å². The van der Waals surface area contributed by atoms with E-state index in [0.717, 1.165) is 42.6 Å². The number of halogens is 1. The van der Waals surface area contributed by atoms with Gasteiger partial charge in [0.15, 0.2) is 0 Å². The molecule has 1 amide bonds. The quantitative estimate of drug-likeness (QED) is 0.686. The van der Waals surface area contributed by atoms with Crippen LogP contribution in [0, 0.1) is 18.3 Å². The normalized spacial score (nSPS) is 13.0. The minimum absolute atomic E-state index is 0.0732. The Morgan fingerprint density at radius 2 is 2.19 bits per heavy atom. The van der Waals surface area contributed by atoms with Gasteiger partial charge in [0.2, 0.25) is 5.91 Å². The molecule has 3 rings (SSSR count). The van der Waals surface area contributed by atoms with Crippen molar-refractivity contribution in [2.75, 3.05) is 11.9 Å². The number of ether oxygens (including phenoxy) is 1. The smallest absolute Gasteiger partial charge is 0.225 e. The van der Waals surface area contributed by atoms with E-state index in [0.29, 0.717) is 35.0 Å². The van der Waals surface area contributed by atoms with Gasteiger partial charge in [-0.2, -0.15) is 5.26 Å². The minimum Gasteiger partial charge on any atom is -0.494 e. The van der Waals surface area contributed by atoms with Crippen LogP contribution in [-0.4, -0.2) is 12.5 Å². The van der Waals surface area contributed by atoms with E-state index in [4.69, 9.17) is 16.3 Å². The van der Waals surface area contributed by atoms with Crippen molar-refractivity contribution in [1.29, 1.82) is 5.26 Å². The van der Waals surface area contributed by atoms with E-state index in [-0.39, 0.29) is 5.91 Å². The molecule has 26 heavy (non-hydrogen) atoms. The molecule has 0 atom stereocenters. The molecule has 0 bridgehead atoms. The molecule has 1 aliphatic rings. The maximum absolute atomic E-state index is 12.2. The molecule has 1 N–H and O–H groups in total. The molecule has 4 nitrogen and oxygen atoms in total. The molecule has 0 radical (unpaired) electrons. The molecule has 0 saturated heterocycles. The summed E-state index contributed by atoms with van der Waals surface area (Å²) < 4.78 is 5.67. The Kier molecular flexibility index (Phi) is 6.18. The molecule has 0 aliphatic heterocycles. The summed E-state index contributed by atoms with van der Waals surface area (Å²) in [4.78, 5) is 13.5. The first-order valence-corrected chi connectivity index (χ1v) is 10.0. The second-order valence-corrected chi connectivity index (χ2v) is 7.95. The highest BCUT2D eigenvalue weighted by Crippen LogP contribution is 2.37. The molecule has 1 aliphatic carbocycles. The summed E-state index contributed by atoms with van der Waals surface area (Å²) in [6.07, 6.45) is 5.21. The van der Waals surface area contributed by atoms with Crippen LogP contribution in [0.1, 0.15) is 47.3 Å². The number of carbonyl (C=O) groups excluding carboxylic acids is 1. The third-order valence-electron chi connectivity index (χ3n) is 4.48. The average molecular weight is 389 g/mol. The van der Waals surface area contributed by atoms with Crippen LogP contribution in [0.3, 0.4) is 0 Å². The molecule has 2 aromatic rings. The van der Waals surface area contributed by atoms with Crippen LogP contribution < -0.4 is 10.1 Å². The molecular formula is C20H21ClN2O2S. The summed E-state index contributed by atoms with van der Waals surface area (Å²) >= 11 is 7.55. The molecule has 0 unspecified atom stereocenters. The zero-order chi connectivity index (χ0) is 18.5. The van der Waals surface area contributed by atoms with E-state index in [1.165, 1.54) is 4.88 Å². The molecule has 0 spiro atoms. The lowest BCUT2D eigenvalue weighted by atomic mass is 9.96. The van der Waals surface area contributed by atoms with E-state index >= 15 is 0 Å². The Bertz CT molecular complexity index is 854. The number of amides is 1. The highest BCUT2D eigenvalue weighted by Gasteiger charge is 2.21. The number of hydrogen-bond donors (Lipinski definition) is 1. The van der Waals surface area contributed by atoms with Gasteiger partial charge in [0.25, 0.3) is 0 Å². The van der Waals surface area contributed by atoms with Crippen LogP contribution in [0.5, 0.6) is 5.75 Å². The number of carbonyl (C=O) groups is 1. The molecule has 136 valence electrons. The van der Waals surface area contributed by atoms with E-state index in [9.17, 15) is 10.1 Å². The van der Waals surface area contributed by atoms with Crippen molar-refractivity contribution in [1.82, 2.24) is 0 Å². The van der Waals surface area contributed by atoms with Crippen LogP contribution in [-0.2, 0) is 17.6 Å². The number of rotatable bonds is 6. The third-order valence-corrected chi connectivity index (χ3v) is 6.11. The van der Waals surface area contributed by atoms with Gasteiger partial charge in [-0.25, -0.2) is 0 Å². The van der Waals surface area contributed by atoms with Crippen molar-refractivity contribution in [2.45, 2.75) is 45.4 Å². The van der Waals surface area contributed by atoms with Crippen LogP contribution in [0.4, 0.5) is 5.00 Å². The zero-order valence-corrected chi connectivity index (χ0v) is 16.3. The van der Waals surface area contributed by atoms with E-state index in [1.54, 1.807) is 17.4 Å². The van der Waals surface area contributed by atoms with Crippen LogP contribution in [0.2, 0.25) is 5.02 Å². The van der Waals surface area contributed by atoms with Crippen molar-refractivity contribution in [3.8, 4) is 11.8 Å². The summed E-state index contributed by atoms with van der Waals surface area (Å²) in [5.41, 5.74) is 2.76. The number of benzene rings is 1. The predicted octanol–water partition coefficient (Wildman–Crippen LogP) is 5.26. The van der Waals surface area contributed by atoms with E-state index in [2.05, 4.69) is 11.4 Å². The van der Waals surface area contributed by atoms with Crippen molar-refractivity contribution in [3.63, 3.8) is 0 Å². The number of aryl methyl sites for hydroxylation is 2. The first-order chi connectivity index (χ1) is 12.6. The number of anilines is 1. The van der Waals surface area contributed by atoms with Gasteiger partial charge in [0.1, 0.15) is 16.8 Å². The van der Waals surface area contributed by atoms with Crippen molar-refractivity contribution < 1.29 is 9.53 Å². The van der Waals surface area contributed by atoms with Gasteiger partial charge in [-0.1, -0.05) is 11.6 Å². The standard InChI is InChI=1S/C20H21ClN2O2S/c1-13-11-14(8-9-17(13)21)25-10-4-7-19(24)23-20-16(12-22)15-5-2-3-6-18(15)26-20/h8-9,11H,2-7,10H2,1H3,(H,23,24). The Labute approximate surface area is 162 Å². The third kappa shape index (κ3) is 4.38. The highest BCUT2D eigenvalue weighted by atomic mass is 35.5. The Hall–Kier alpha value is -2.03. The van der Waals surface area contributed by atoms with Gasteiger partial charge in [-0.3, -0.25) is 4.79 Å². The van der Waals surface area contributed by atoms with Crippen LogP contribution >= 0.6 is 22.9 Å². The van der Waals surface area contributed by atoms with E-state index in [1.807, 2.05) is 19.1 Å². The lowest BCUT2D eigenvalue weighted by Crippen LogP contribution is -2.12. The fraction of sp³-hybridized carbons (Fsp3) is 0.400. The monoisotopic (exact) mass is 388 g/mol. The first-order valence-electron chi connectivity index (χ1n) is 8.82. The highest BCUT2D eigenvalue weighted by molar-refractivity contribution is 7.16. The molecule has 0 saturated carbocycles. The van der Waals surface area contributed by atoms with Crippen LogP contribution in [0.25, 0.3) is 0 Å². The predicted molar refractivity (Wildman–Crippen MR) is 105 cm³/mol. The molecule has 1 aromatic heterocycles. The van der Waals surface area contributed by atoms with E-state index < -0.39 is 0 Å². The number of nitrogens with one attached hydrogen (secondary N) is 1. The summed E-state index contributed by atoms with van der Waals surface area (Å²) in [6, 6.07) is 7.79. The number of nitriles is 1. The first kappa shape index (κ1) is 18.8. The number of nitrogens with zero attached hydrogens (tertiary/aromatic N) is 1. The number of thiophene rings is 1. The minimum atomic E-state index is -0.0732. The molecule has 0 fully saturated rings. The van der Waals surface area contributed by atoms with Crippen LogP contribution in [0.15, 0.2) is 18.2 Å². The Morgan fingerprint density at radius 3 is 2.96 bits per heavy atom. The van der Waals surface area contributed by atoms with Crippen molar-refractivity contribution in [3.05, 3.63) is 44.8 Å². The van der Waals surface area contributed by atoms with Crippen molar-refractivity contribution >= 4 is 33.8 Å². The molecule has 6 heteroatoms. The summed E-state index contributed by atoms with van der Waals surface area (Å²) in [6.45, 7) is 2.39. The number of hydrogen-bond acceptors (Lipinski definition) is 4. The SMILES string of the molecule is Cc1cc(OCCCC(=O)Nc2sc3c(c2C#N)CCCC3)ccc1Cl. The fourth-order valence-electron chi connectivity index (χ4n) is 3.09. The Morgan fingerprint density at radius 1 is 1.38 bits per heavy atom. The lowest BCUT2D eigenvalue weighted by Gasteiger charge is -2.09. The fourth-order valence-corrected chi connectivity index (χ4v) is 4.46. The zero-order valence-electron chi connectivity index (χ0n) is 14.7. The van der Waals surface area contributed by atoms with Gasteiger partial charge in [-0.15, -0.1) is 11.3 Å². The van der Waals surface area contributed by atoms with Gasteiger partial charge in [0, 0.05) is 16.3 Å². The van der Waals surface area contributed by atoms with Gasteiger partial charge in [0.05, 0.1) is 12.2 Å². The number of fused-ring (bicyclic) bond motifs is 1. The summed E-state index contributed by atoms with van der Waals surface area (Å²) in [7, 11) is 0. The summed E-state index contributed by atoms with van der Waals surface area (Å²) in [5.74, 6) is 0.681. The lowest BCUT2D eigenvalue weighted by molar-refractivity contribution is -0.116. The maximum Gasteiger partial charge on any atom is 0.225 e. The molecule has 1 aromatic carbocycles. The van der Waals surface area contributed by atoms with Gasteiger partial charge >= 0.3 is 0 Å². The second-order valence-electron chi connectivity index (χ2n) is 6.44. The average Bonchev–Trinajstić information content (AvgIpc) is 2.98. The summed E-state index contributed by atoms with van der Waals surface area (Å²) in [5, 5.41) is 13.8. The molecular weight excluding hydrogens is 368 g/mol. The van der Waals surface area contributed by atoms with Gasteiger partial charge in [-0.05, 0) is 68.4 Å². The van der Waals surface area contributed by atoms with Crippen molar-refractivity contribution in [2.24, 2.45) is 0 Å². The largest absolute Gasteiger partial charge is 0.494 e. The maximum atomic E-state index is 12.2. The Balaban J connectivity index is 1.49. The second kappa shape index (κ2) is 8.57.